The Bertz CT molecular complexity index is 325. The first-order chi connectivity index (χ1) is 7.81. The predicted molar refractivity (Wildman–Crippen MR) is 64.4 cm³/mol. The summed E-state index contributed by atoms with van der Waals surface area (Å²) in [5.41, 5.74) is -0.703. The van der Waals surface area contributed by atoms with Crippen LogP contribution in [0, 0.1) is 0 Å². The van der Waals surface area contributed by atoms with Gasteiger partial charge in [-0.2, -0.15) is 0 Å². The van der Waals surface area contributed by atoms with Crippen LogP contribution < -0.4 is 5.32 Å². The summed E-state index contributed by atoms with van der Waals surface area (Å²) in [6, 6.07) is 0. The molecule has 0 spiro atoms. The third-order valence-electron chi connectivity index (χ3n) is 2.31. The van der Waals surface area contributed by atoms with Gasteiger partial charge in [-0.1, -0.05) is 6.58 Å². The Labute approximate surface area is 102 Å². The van der Waals surface area contributed by atoms with E-state index >= 15 is 0 Å². The Morgan fingerprint density at radius 2 is 1.76 bits per heavy atom. The molecular formula is C12H20N2O3. The highest BCUT2D eigenvalue weighted by Crippen LogP contribution is 2.12. The van der Waals surface area contributed by atoms with E-state index in [-0.39, 0.29) is 11.5 Å². The van der Waals surface area contributed by atoms with Crippen LogP contribution in [0.15, 0.2) is 12.2 Å². The van der Waals surface area contributed by atoms with E-state index in [9.17, 15) is 9.59 Å². The predicted octanol–water partition coefficient (Wildman–Crippen LogP) is 0.316. The molecule has 0 atom stereocenters. The van der Waals surface area contributed by atoms with Gasteiger partial charge >= 0.3 is 5.97 Å². The first-order valence-electron chi connectivity index (χ1n) is 5.73. The lowest BCUT2D eigenvalue weighted by molar-refractivity contribution is -0.151. The van der Waals surface area contributed by atoms with E-state index in [1.807, 2.05) is 0 Å². The van der Waals surface area contributed by atoms with Gasteiger partial charge in [-0.25, -0.2) is 4.79 Å². The number of piperazine rings is 1. The normalized spacial score (nSPS) is 16.5. The molecule has 1 rings (SSSR count). The number of hydrogen-bond acceptors (Lipinski definition) is 4. The quantitative estimate of drug-likeness (QED) is 0.327. The van der Waals surface area contributed by atoms with Crippen molar-refractivity contribution < 1.29 is 14.3 Å². The Morgan fingerprint density at radius 3 is 2.24 bits per heavy atom. The van der Waals surface area contributed by atoms with Gasteiger partial charge in [-0.3, -0.25) is 4.79 Å². The van der Waals surface area contributed by atoms with Crippen LogP contribution in [0.4, 0.5) is 0 Å². The maximum Gasteiger partial charge on any atom is 0.343 e. The molecule has 1 aliphatic heterocycles. The molecule has 1 N–H and O–H groups in total. The second-order valence-electron chi connectivity index (χ2n) is 5.02. The van der Waals surface area contributed by atoms with Gasteiger partial charge in [0.05, 0.1) is 0 Å². The number of nitrogens with one attached hydrogen (secondary N) is 1. The van der Waals surface area contributed by atoms with Crippen molar-refractivity contribution >= 4 is 11.9 Å². The maximum absolute atomic E-state index is 11.9. The average molecular weight is 240 g/mol. The zero-order valence-corrected chi connectivity index (χ0v) is 10.7. The number of esters is 1. The van der Waals surface area contributed by atoms with Crippen LogP contribution in [0.1, 0.15) is 20.8 Å². The van der Waals surface area contributed by atoms with E-state index in [0.29, 0.717) is 13.1 Å². The minimum absolute atomic E-state index is 0.0955. The molecule has 0 saturated carbocycles. The van der Waals surface area contributed by atoms with Crippen LogP contribution in [-0.4, -0.2) is 48.6 Å². The SMILES string of the molecule is C=C(C(=O)OC(C)(C)C)C(=O)N1CCNCC1. The van der Waals surface area contributed by atoms with Crippen molar-refractivity contribution in [1.29, 1.82) is 0 Å². The monoisotopic (exact) mass is 240 g/mol. The summed E-state index contributed by atoms with van der Waals surface area (Å²) >= 11 is 0. The molecule has 5 nitrogen and oxygen atoms in total. The van der Waals surface area contributed by atoms with Crippen LogP contribution in [0.3, 0.4) is 0 Å². The average Bonchev–Trinajstić information content (AvgIpc) is 2.26. The summed E-state index contributed by atoms with van der Waals surface area (Å²) in [5, 5.41) is 3.14. The van der Waals surface area contributed by atoms with Gasteiger partial charge in [0, 0.05) is 26.2 Å². The standard InChI is InChI=1S/C12H20N2O3/c1-9(11(16)17-12(2,3)4)10(15)14-7-5-13-6-8-14/h13H,1,5-8H2,2-4H3. The molecule has 0 aromatic rings. The zero-order valence-electron chi connectivity index (χ0n) is 10.7. The van der Waals surface area contributed by atoms with E-state index in [2.05, 4.69) is 11.9 Å². The van der Waals surface area contributed by atoms with Crippen molar-refractivity contribution in [1.82, 2.24) is 10.2 Å². The van der Waals surface area contributed by atoms with Gasteiger partial charge in [0.1, 0.15) is 11.2 Å². The van der Waals surface area contributed by atoms with E-state index in [1.54, 1.807) is 25.7 Å². The van der Waals surface area contributed by atoms with Crippen molar-refractivity contribution in [3.05, 3.63) is 12.2 Å². The fourth-order valence-electron chi connectivity index (χ4n) is 1.49. The van der Waals surface area contributed by atoms with Gasteiger partial charge in [0.2, 0.25) is 0 Å². The molecule has 0 aromatic heterocycles. The molecule has 96 valence electrons. The summed E-state index contributed by atoms with van der Waals surface area (Å²) in [7, 11) is 0. The molecule has 17 heavy (non-hydrogen) atoms. The van der Waals surface area contributed by atoms with E-state index in [1.165, 1.54) is 0 Å². The third kappa shape index (κ3) is 4.19. The second kappa shape index (κ2) is 5.31. The molecule has 1 aliphatic rings. The van der Waals surface area contributed by atoms with Crippen LogP contribution >= 0.6 is 0 Å². The number of hydrogen-bond donors (Lipinski definition) is 1. The molecule has 0 radical (unpaired) electrons. The van der Waals surface area contributed by atoms with Crippen molar-refractivity contribution in [2.45, 2.75) is 26.4 Å². The fraction of sp³-hybridized carbons (Fsp3) is 0.667. The molecule has 0 aromatic carbocycles. The Morgan fingerprint density at radius 1 is 1.24 bits per heavy atom. The summed E-state index contributed by atoms with van der Waals surface area (Å²) < 4.78 is 5.11. The Hall–Kier alpha value is -1.36. The van der Waals surface area contributed by atoms with Crippen molar-refractivity contribution in [2.24, 2.45) is 0 Å². The van der Waals surface area contributed by atoms with Crippen molar-refractivity contribution in [3.8, 4) is 0 Å². The number of rotatable bonds is 2. The fourth-order valence-corrected chi connectivity index (χ4v) is 1.49. The molecule has 1 amide bonds. The van der Waals surface area contributed by atoms with Crippen molar-refractivity contribution in [3.63, 3.8) is 0 Å². The largest absolute Gasteiger partial charge is 0.456 e. The van der Waals surface area contributed by atoms with Gasteiger partial charge in [0.25, 0.3) is 5.91 Å². The Kier molecular flexibility index (Phi) is 4.28. The maximum atomic E-state index is 11.9. The molecule has 0 aliphatic carbocycles. The number of carbonyl (C=O) groups excluding carboxylic acids is 2. The zero-order chi connectivity index (χ0) is 13.1. The third-order valence-corrected chi connectivity index (χ3v) is 2.31. The van der Waals surface area contributed by atoms with Gasteiger partial charge in [0.15, 0.2) is 0 Å². The van der Waals surface area contributed by atoms with E-state index < -0.39 is 11.6 Å². The van der Waals surface area contributed by atoms with Crippen LogP contribution in [0.5, 0.6) is 0 Å². The number of carbonyl (C=O) groups is 2. The number of ether oxygens (including phenoxy) is 1. The van der Waals surface area contributed by atoms with E-state index in [4.69, 9.17) is 4.74 Å². The van der Waals surface area contributed by atoms with Crippen LogP contribution in [0.25, 0.3) is 0 Å². The Balaban J connectivity index is 2.56. The minimum Gasteiger partial charge on any atom is -0.456 e. The molecular weight excluding hydrogens is 220 g/mol. The lowest BCUT2D eigenvalue weighted by atomic mass is 10.2. The highest BCUT2D eigenvalue weighted by atomic mass is 16.6. The molecule has 0 bridgehead atoms. The second-order valence-corrected chi connectivity index (χ2v) is 5.02. The van der Waals surface area contributed by atoms with Crippen molar-refractivity contribution in [2.75, 3.05) is 26.2 Å². The summed E-state index contributed by atoms with van der Waals surface area (Å²) in [5.74, 6) is -0.971. The topological polar surface area (TPSA) is 58.6 Å². The lowest BCUT2D eigenvalue weighted by Gasteiger charge is -2.28. The summed E-state index contributed by atoms with van der Waals surface area (Å²) in [6.07, 6.45) is 0. The minimum atomic E-state index is -0.638. The smallest absolute Gasteiger partial charge is 0.343 e. The van der Waals surface area contributed by atoms with E-state index in [0.717, 1.165) is 13.1 Å². The molecule has 1 fully saturated rings. The van der Waals surface area contributed by atoms with Gasteiger partial charge in [-0.05, 0) is 20.8 Å². The number of amides is 1. The highest BCUT2D eigenvalue weighted by molar-refractivity contribution is 6.15. The van der Waals surface area contributed by atoms with Crippen LogP contribution in [0.2, 0.25) is 0 Å². The highest BCUT2D eigenvalue weighted by Gasteiger charge is 2.27. The van der Waals surface area contributed by atoms with Gasteiger partial charge < -0.3 is 15.0 Å². The van der Waals surface area contributed by atoms with Crippen LogP contribution in [-0.2, 0) is 14.3 Å². The molecule has 5 heteroatoms. The summed E-state index contributed by atoms with van der Waals surface area (Å²) in [4.78, 5) is 25.2. The lowest BCUT2D eigenvalue weighted by Crippen LogP contribution is -2.47. The molecule has 1 saturated heterocycles. The molecule has 1 heterocycles. The number of nitrogens with zero attached hydrogens (tertiary/aromatic N) is 1. The molecule has 0 unspecified atom stereocenters. The summed E-state index contributed by atoms with van der Waals surface area (Å²) in [6.45, 7) is 11.5. The first kappa shape index (κ1) is 13.7. The first-order valence-corrected chi connectivity index (χ1v) is 5.73. The van der Waals surface area contributed by atoms with Gasteiger partial charge in [-0.15, -0.1) is 0 Å².